The van der Waals surface area contributed by atoms with Crippen LogP contribution in [0.4, 0.5) is 0 Å². The molecule has 0 spiro atoms. The topological polar surface area (TPSA) is 91.7 Å². The van der Waals surface area contributed by atoms with Crippen LogP contribution < -0.4 is 11.3 Å². The summed E-state index contributed by atoms with van der Waals surface area (Å²) in [6, 6.07) is 7.37. The van der Waals surface area contributed by atoms with Gasteiger partial charge in [-0.3, -0.25) is 15.1 Å². The number of carbonyl (C=O) groups is 1. The number of carbonyl (C=O) groups excluding carboxylic acids is 1. The maximum absolute atomic E-state index is 12.0. The highest BCUT2D eigenvalue weighted by atomic mass is 16.3. The molecule has 0 saturated heterocycles. The number of aliphatic hydroxyl groups is 1. The Hall–Kier alpha value is -1.89. The van der Waals surface area contributed by atoms with E-state index >= 15 is 0 Å². The first-order valence-corrected chi connectivity index (χ1v) is 6.91. The Morgan fingerprint density at radius 3 is 2.86 bits per heavy atom. The molecule has 1 aromatic carbocycles. The zero-order valence-corrected chi connectivity index (χ0v) is 12.3. The van der Waals surface area contributed by atoms with Crippen LogP contribution in [-0.4, -0.2) is 35.6 Å². The Labute approximate surface area is 123 Å². The van der Waals surface area contributed by atoms with Crippen molar-refractivity contribution in [2.45, 2.75) is 26.0 Å². The van der Waals surface area contributed by atoms with E-state index in [4.69, 9.17) is 10.3 Å². The van der Waals surface area contributed by atoms with Crippen LogP contribution in [0, 0.1) is 0 Å². The van der Waals surface area contributed by atoms with E-state index < -0.39 is 0 Å². The summed E-state index contributed by atoms with van der Waals surface area (Å²) in [5.41, 5.74) is 3.30. The van der Waals surface area contributed by atoms with E-state index in [9.17, 15) is 9.90 Å². The first kappa shape index (κ1) is 15.5. The third-order valence-corrected chi connectivity index (χ3v) is 3.37. The second-order valence-electron chi connectivity index (χ2n) is 5.25. The fraction of sp³-hybridized carbons (Fsp3) is 0.400. The van der Waals surface area contributed by atoms with Gasteiger partial charge in [0.15, 0.2) is 0 Å². The molecule has 2 rings (SSSR count). The molecule has 1 heterocycles. The van der Waals surface area contributed by atoms with E-state index in [1.165, 1.54) is 0 Å². The molecule has 1 amide bonds. The molecule has 1 aromatic heterocycles. The van der Waals surface area contributed by atoms with Crippen molar-refractivity contribution in [2.75, 3.05) is 13.6 Å². The van der Waals surface area contributed by atoms with Gasteiger partial charge in [-0.1, -0.05) is 18.2 Å². The minimum absolute atomic E-state index is 0.352. The Bertz CT molecular complexity index is 622. The molecule has 114 valence electrons. The maximum Gasteiger partial charge on any atom is 0.269 e. The number of hydrazine groups is 1. The van der Waals surface area contributed by atoms with E-state index in [0.717, 1.165) is 5.39 Å². The number of nitrogens with zero attached hydrogens (tertiary/aromatic N) is 1. The standard InChI is InChI=1S/C15H21N3O3/c1-10(19)7-8-18(2)9-13-14(15(20)17-16)11-5-3-4-6-12(11)21-13/h3-6,10,19H,7-9,16H2,1-2H3,(H,17,20). The van der Waals surface area contributed by atoms with Crippen molar-refractivity contribution >= 4 is 16.9 Å². The molecule has 4 N–H and O–H groups in total. The fourth-order valence-corrected chi connectivity index (χ4v) is 2.26. The van der Waals surface area contributed by atoms with Gasteiger partial charge in [0.1, 0.15) is 11.3 Å². The molecular formula is C15H21N3O3. The van der Waals surface area contributed by atoms with Gasteiger partial charge in [-0.05, 0) is 26.5 Å². The van der Waals surface area contributed by atoms with Crippen LogP contribution in [0.1, 0.15) is 29.5 Å². The molecule has 0 aliphatic carbocycles. The van der Waals surface area contributed by atoms with Crippen molar-refractivity contribution in [2.24, 2.45) is 5.84 Å². The number of hydrogen-bond donors (Lipinski definition) is 3. The van der Waals surface area contributed by atoms with E-state index in [1.54, 1.807) is 6.92 Å². The summed E-state index contributed by atoms with van der Waals surface area (Å²) in [7, 11) is 1.92. The molecule has 0 aliphatic heterocycles. The number of rotatable bonds is 6. The molecule has 6 heteroatoms. The van der Waals surface area contributed by atoms with E-state index in [2.05, 4.69) is 5.43 Å². The molecular weight excluding hydrogens is 270 g/mol. The summed E-state index contributed by atoms with van der Waals surface area (Å²) < 4.78 is 5.78. The predicted octanol–water partition coefficient (Wildman–Crippen LogP) is 1.24. The SMILES string of the molecule is CC(O)CCN(C)Cc1oc2ccccc2c1C(=O)NN. The van der Waals surface area contributed by atoms with Crippen LogP contribution in [-0.2, 0) is 6.54 Å². The second kappa shape index (κ2) is 6.71. The zero-order valence-electron chi connectivity index (χ0n) is 12.3. The minimum Gasteiger partial charge on any atom is -0.459 e. The zero-order chi connectivity index (χ0) is 15.4. The molecule has 1 unspecified atom stereocenters. The lowest BCUT2D eigenvalue weighted by atomic mass is 10.1. The number of nitrogens with two attached hydrogens (primary N) is 1. The van der Waals surface area contributed by atoms with E-state index in [0.29, 0.717) is 36.4 Å². The highest BCUT2D eigenvalue weighted by Crippen LogP contribution is 2.26. The van der Waals surface area contributed by atoms with Crippen LogP contribution in [0.3, 0.4) is 0 Å². The number of aliphatic hydroxyl groups excluding tert-OH is 1. The van der Waals surface area contributed by atoms with Gasteiger partial charge >= 0.3 is 0 Å². The van der Waals surface area contributed by atoms with Gasteiger partial charge in [0.25, 0.3) is 5.91 Å². The third-order valence-electron chi connectivity index (χ3n) is 3.37. The van der Waals surface area contributed by atoms with Gasteiger partial charge in [-0.15, -0.1) is 0 Å². The summed E-state index contributed by atoms with van der Waals surface area (Å²) in [5, 5.41) is 10.1. The normalized spacial score (nSPS) is 12.8. The van der Waals surface area contributed by atoms with Crippen molar-refractivity contribution in [3.8, 4) is 0 Å². The average molecular weight is 291 g/mol. The monoisotopic (exact) mass is 291 g/mol. The summed E-state index contributed by atoms with van der Waals surface area (Å²) in [4.78, 5) is 14.0. The number of para-hydroxylation sites is 1. The van der Waals surface area contributed by atoms with Gasteiger partial charge in [-0.25, -0.2) is 5.84 Å². The Morgan fingerprint density at radius 2 is 2.19 bits per heavy atom. The van der Waals surface area contributed by atoms with Crippen LogP contribution in [0.25, 0.3) is 11.0 Å². The molecule has 0 fully saturated rings. The summed E-state index contributed by atoms with van der Waals surface area (Å²) in [6.45, 7) is 2.94. The van der Waals surface area contributed by atoms with Gasteiger partial charge in [0.05, 0.1) is 18.2 Å². The first-order valence-electron chi connectivity index (χ1n) is 6.91. The lowest BCUT2D eigenvalue weighted by Gasteiger charge is -2.16. The van der Waals surface area contributed by atoms with Gasteiger partial charge < -0.3 is 9.52 Å². The Morgan fingerprint density at radius 1 is 1.48 bits per heavy atom. The maximum atomic E-state index is 12.0. The number of nitrogens with one attached hydrogen (secondary N) is 1. The summed E-state index contributed by atoms with van der Waals surface area (Å²) in [6.07, 6.45) is 0.310. The Kier molecular flexibility index (Phi) is 4.95. The van der Waals surface area contributed by atoms with Crippen molar-refractivity contribution in [1.29, 1.82) is 0 Å². The quantitative estimate of drug-likeness (QED) is 0.423. The summed E-state index contributed by atoms with van der Waals surface area (Å²) in [5.74, 6) is 5.48. The van der Waals surface area contributed by atoms with Gasteiger partial charge in [0.2, 0.25) is 0 Å². The molecule has 2 aromatic rings. The van der Waals surface area contributed by atoms with E-state index in [1.807, 2.05) is 36.2 Å². The molecule has 6 nitrogen and oxygen atoms in total. The van der Waals surface area contributed by atoms with Crippen LogP contribution >= 0.6 is 0 Å². The van der Waals surface area contributed by atoms with Crippen molar-refractivity contribution in [1.82, 2.24) is 10.3 Å². The van der Waals surface area contributed by atoms with Gasteiger partial charge in [-0.2, -0.15) is 0 Å². The highest BCUT2D eigenvalue weighted by molar-refractivity contribution is 6.07. The van der Waals surface area contributed by atoms with Crippen molar-refractivity contribution in [3.63, 3.8) is 0 Å². The minimum atomic E-state index is -0.362. The predicted molar refractivity (Wildman–Crippen MR) is 80.5 cm³/mol. The lowest BCUT2D eigenvalue weighted by molar-refractivity contribution is 0.0951. The van der Waals surface area contributed by atoms with Crippen LogP contribution in [0.2, 0.25) is 0 Å². The number of amides is 1. The largest absolute Gasteiger partial charge is 0.459 e. The molecule has 0 radical (unpaired) electrons. The van der Waals surface area contributed by atoms with Crippen LogP contribution in [0.15, 0.2) is 28.7 Å². The smallest absolute Gasteiger partial charge is 0.269 e. The van der Waals surface area contributed by atoms with Crippen molar-refractivity contribution < 1.29 is 14.3 Å². The number of benzene rings is 1. The Balaban J connectivity index is 2.28. The van der Waals surface area contributed by atoms with E-state index in [-0.39, 0.29) is 12.0 Å². The third kappa shape index (κ3) is 3.60. The lowest BCUT2D eigenvalue weighted by Crippen LogP contribution is -2.31. The number of nitrogen functional groups attached to an aromatic ring is 1. The molecule has 0 saturated carbocycles. The second-order valence-corrected chi connectivity index (χ2v) is 5.25. The number of hydrogen-bond acceptors (Lipinski definition) is 5. The summed E-state index contributed by atoms with van der Waals surface area (Å²) >= 11 is 0. The van der Waals surface area contributed by atoms with Crippen molar-refractivity contribution in [3.05, 3.63) is 35.6 Å². The number of furan rings is 1. The average Bonchev–Trinajstić information content (AvgIpc) is 2.82. The molecule has 0 bridgehead atoms. The van der Waals surface area contributed by atoms with Crippen LogP contribution in [0.5, 0.6) is 0 Å². The first-order chi connectivity index (χ1) is 10.0. The fourth-order valence-electron chi connectivity index (χ4n) is 2.26. The molecule has 0 aliphatic rings. The van der Waals surface area contributed by atoms with Gasteiger partial charge in [0, 0.05) is 11.9 Å². The molecule has 21 heavy (non-hydrogen) atoms. The highest BCUT2D eigenvalue weighted by Gasteiger charge is 2.20. The number of fused-ring (bicyclic) bond motifs is 1. The molecule has 1 atom stereocenters.